The molecule has 1 fully saturated rings. The van der Waals surface area contributed by atoms with Gasteiger partial charge in [0.15, 0.2) is 0 Å². The number of rotatable bonds is 3. The van der Waals surface area contributed by atoms with Crippen molar-refractivity contribution in [3.63, 3.8) is 0 Å². The molecule has 0 saturated carbocycles. The van der Waals surface area contributed by atoms with Gasteiger partial charge in [-0.2, -0.15) is 13.2 Å². The van der Waals surface area contributed by atoms with Gasteiger partial charge in [-0.25, -0.2) is 0 Å². The van der Waals surface area contributed by atoms with E-state index >= 15 is 0 Å². The number of alkyl halides is 3. The summed E-state index contributed by atoms with van der Waals surface area (Å²) in [4.78, 5) is 10.7. The molecule has 0 radical (unpaired) electrons. The van der Waals surface area contributed by atoms with Gasteiger partial charge in [-0.1, -0.05) is 12.1 Å². The van der Waals surface area contributed by atoms with Crippen LogP contribution >= 0.6 is 0 Å². The molecule has 0 bridgehead atoms. The lowest BCUT2D eigenvalue weighted by Crippen LogP contribution is -2.23. The summed E-state index contributed by atoms with van der Waals surface area (Å²) >= 11 is 0. The third-order valence-corrected chi connectivity index (χ3v) is 3.96. The summed E-state index contributed by atoms with van der Waals surface area (Å²) in [5.74, 6) is 0. The first-order chi connectivity index (χ1) is 10.5. The second kappa shape index (κ2) is 6.04. The van der Waals surface area contributed by atoms with Crippen LogP contribution < -0.4 is 0 Å². The Balaban J connectivity index is 1.72. The van der Waals surface area contributed by atoms with Gasteiger partial charge in [0.05, 0.1) is 17.3 Å². The van der Waals surface area contributed by atoms with E-state index in [1.165, 1.54) is 0 Å². The maximum atomic E-state index is 12.6. The minimum absolute atomic E-state index is 0.191. The lowest BCUT2D eigenvalue weighted by Gasteiger charge is -2.23. The fourth-order valence-corrected chi connectivity index (χ4v) is 2.87. The van der Waals surface area contributed by atoms with E-state index in [1.54, 1.807) is 30.7 Å². The Morgan fingerprint density at radius 1 is 1.14 bits per heavy atom. The summed E-state index contributed by atoms with van der Waals surface area (Å²) in [6.07, 6.45) is 2.84. The van der Waals surface area contributed by atoms with Gasteiger partial charge < -0.3 is 0 Å². The fourth-order valence-electron chi connectivity index (χ4n) is 2.87. The van der Waals surface area contributed by atoms with Crippen LogP contribution in [-0.2, 0) is 12.7 Å². The van der Waals surface area contributed by atoms with Crippen LogP contribution in [0.2, 0.25) is 0 Å². The molecule has 1 aliphatic rings. The predicted molar refractivity (Wildman–Crippen MR) is 75.9 cm³/mol. The zero-order valence-corrected chi connectivity index (χ0v) is 11.9. The third kappa shape index (κ3) is 3.27. The normalized spacial score (nSPS) is 19.5. The molecule has 116 valence electrons. The summed E-state index contributed by atoms with van der Waals surface area (Å²) in [5.41, 5.74) is 1.19. The maximum Gasteiger partial charge on any atom is 0.416 e. The van der Waals surface area contributed by atoms with Crippen molar-refractivity contribution in [3.8, 4) is 0 Å². The summed E-state index contributed by atoms with van der Waals surface area (Å²) in [5, 5.41) is 0. The molecule has 6 heteroatoms. The van der Waals surface area contributed by atoms with Gasteiger partial charge in [-0.3, -0.25) is 14.9 Å². The monoisotopic (exact) mass is 307 g/mol. The molecule has 1 saturated heterocycles. The summed E-state index contributed by atoms with van der Waals surface area (Å²) in [6.45, 7) is 1.54. The van der Waals surface area contributed by atoms with Crippen molar-refractivity contribution in [2.45, 2.75) is 31.6 Å². The van der Waals surface area contributed by atoms with Crippen LogP contribution in [0.4, 0.5) is 13.2 Å². The first kappa shape index (κ1) is 15.0. The molecule has 0 unspecified atom stereocenters. The van der Waals surface area contributed by atoms with Crippen LogP contribution in [0.1, 0.15) is 35.7 Å². The molecule has 0 N–H and O–H groups in total. The van der Waals surface area contributed by atoms with E-state index < -0.39 is 11.7 Å². The van der Waals surface area contributed by atoms with Crippen molar-refractivity contribution in [3.05, 3.63) is 59.7 Å². The average molecular weight is 307 g/mol. The Morgan fingerprint density at radius 2 is 1.91 bits per heavy atom. The smallest absolute Gasteiger partial charge is 0.290 e. The quantitative estimate of drug-likeness (QED) is 0.863. The first-order valence-electron chi connectivity index (χ1n) is 7.20. The molecule has 3 nitrogen and oxygen atoms in total. The minimum Gasteiger partial charge on any atom is -0.290 e. The second-order valence-corrected chi connectivity index (χ2v) is 5.45. The molecule has 1 aromatic heterocycles. The molecule has 1 aliphatic heterocycles. The molecule has 22 heavy (non-hydrogen) atoms. The average Bonchev–Trinajstić information content (AvgIpc) is 2.96. The number of nitrogens with zero attached hydrogens (tertiary/aromatic N) is 3. The molecule has 1 atom stereocenters. The fraction of sp³-hybridized carbons (Fsp3) is 0.375. The number of aromatic nitrogens is 2. The van der Waals surface area contributed by atoms with E-state index in [2.05, 4.69) is 14.9 Å². The van der Waals surface area contributed by atoms with Gasteiger partial charge in [0.1, 0.15) is 0 Å². The highest BCUT2D eigenvalue weighted by Crippen LogP contribution is 2.33. The molecule has 0 amide bonds. The minimum atomic E-state index is -4.28. The molecule has 3 rings (SSSR count). The molecule has 0 aliphatic carbocycles. The number of halogens is 3. The van der Waals surface area contributed by atoms with Crippen molar-refractivity contribution in [1.82, 2.24) is 14.9 Å². The second-order valence-electron chi connectivity index (χ2n) is 5.45. The highest BCUT2D eigenvalue weighted by molar-refractivity contribution is 5.25. The van der Waals surface area contributed by atoms with Gasteiger partial charge in [0, 0.05) is 25.1 Å². The van der Waals surface area contributed by atoms with E-state index in [-0.39, 0.29) is 6.04 Å². The van der Waals surface area contributed by atoms with Crippen LogP contribution in [0.3, 0.4) is 0 Å². The highest BCUT2D eigenvalue weighted by Gasteiger charge is 2.30. The van der Waals surface area contributed by atoms with Gasteiger partial charge in [0.2, 0.25) is 0 Å². The van der Waals surface area contributed by atoms with Crippen molar-refractivity contribution >= 4 is 0 Å². The summed E-state index contributed by atoms with van der Waals surface area (Å²) < 4.78 is 37.7. The highest BCUT2D eigenvalue weighted by atomic mass is 19.4. The van der Waals surface area contributed by atoms with Crippen LogP contribution in [0, 0.1) is 0 Å². The van der Waals surface area contributed by atoms with Crippen LogP contribution in [-0.4, -0.2) is 21.4 Å². The standard InChI is InChI=1S/C16H16F3N3/c17-16(18,19)13-5-3-12(4-6-13)11-22-9-1-2-15(22)14-10-20-7-8-21-14/h3-8,10,15H,1-2,9,11H2/t15-/m0/s1. The van der Waals surface area contributed by atoms with Crippen LogP contribution in [0.15, 0.2) is 42.9 Å². The van der Waals surface area contributed by atoms with Crippen LogP contribution in [0.5, 0.6) is 0 Å². The Bertz CT molecular complexity index is 611. The van der Waals surface area contributed by atoms with E-state index in [4.69, 9.17) is 0 Å². The number of hydrogen-bond acceptors (Lipinski definition) is 3. The van der Waals surface area contributed by atoms with Gasteiger partial charge in [-0.05, 0) is 37.1 Å². The van der Waals surface area contributed by atoms with Crippen molar-refractivity contribution in [1.29, 1.82) is 0 Å². The Labute approximate surface area is 126 Å². The van der Waals surface area contributed by atoms with E-state index in [1.807, 2.05) is 0 Å². The summed E-state index contributed by atoms with van der Waals surface area (Å²) in [6, 6.07) is 5.57. The molecule has 0 spiro atoms. The van der Waals surface area contributed by atoms with E-state index in [0.29, 0.717) is 6.54 Å². The number of likely N-dealkylation sites (tertiary alicyclic amines) is 1. The molecule has 1 aromatic carbocycles. The molecular formula is C16H16F3N3. The Hall–Kier alpha value is -1.95. The zero-order chi connectivity index (χ0) is 15.6. The topological polar surface area (TPSA) is 29.0 Å². The molecule has 2 aromatic rings. The predicted octanol–water partition coefficient (Wildman–Crippen LogP) is 3.83. The van der Waals surface area contributed by atoms with Crippen molar-refractivity contribution < 1.29 is 13.2 Å². The molecular weight excluding hydrogens is 291 g/mol. The lowest BCUT2D eigenvalue weighted by atomic mass is 10.1. The Kier molecular flexibility index (Phi) is 4.11. The van der Waals surface area contributed by atoms with Gasteiger partial charge >= 0.3 is 6.18 Å². The Morgan fingerprint density at radius 3 is 2.55 bits per heavy atom. The van der Waals surface area contributed by atoms with E-state index in [9.17, 15) is 13.2 Å². The van der Waals surface area contributed by atoms with Crippen molar-refractivity contribution in [2.24, 2.45) is 0 Å². The molecule has 2 heterocycles. The first-order valence-corrected chi connectivity index (χ1v) is 7.20. The maximum absolute atomic E-state index is 12.6. The van der Waals surface area contributed by atoms with Gasteiger partial charge in [0.25, 0.3) is 0 Å². The van der Waals surface area contributed by atoms with E-state index in [0.717, 1.165) is 42.8 Å². The SMILES string of the molecule is FC(F)(F)c1ccc(CN2CCC[C@H]2c2cnccn2)cc1. The number of benzene rings is 1. The third-order valence-electron chi connectivity index (χ3n) is 3.96. The van der Waals surface area contributed by atoms with Gasteiger partial charge in [-0.15, -0.1) is 0 Å². The summed E-state index contributed by atoms with van der Waals surface area (Å²) in [7, 11) is 0. The van der Waals surface area contributed by atoms with Crippen molar-refractivity contribution in [2.75, 3.05) is 6.54 Å². The number of hydrogen-bond donors (Lipinski definition) is 0. The van der Waals surface area contributed by atoms with Crippen LogP contribution in [0.25, 0.3) is 0 Å². The zero-order valence-electron chi connectivity index (χ0n) is 11.9. The lowest BCUT2D eigenvalue weighted by molar-refractivity contribution is -0.137. The largest absolute Gasteiger partial charge is 0.416 e.